The molecule has 1 aromatic rings. The summed E-state index contributed by atoms with van der Waals surface area (Å²) in [6, 6.07) is 1.08. The largest absolute Gasteiger partial charge is 0.507 e. The first-order chi connectivity index (χ1) is 12.3. The molecule has 0 spiro atoms. The van der Waals surface area contributed by atoms with E-state index in [1.165, 1.54) is 6.07 Å². The van der Waals surface area contributed by atoms with E-state index in [0.717, 1.165) is 37.0 Å². The van der Waals surface area contributed by atoms with E-state index < -0.39 is 12.0 Å². The van der Waals surface area contributed by atoms with E-state index >= 15 is 0 Å². The van der Waals surface area contributed by atoms with Gasteiger partial charge in [0.1, 0.15) is 17.1 Å². The number of aromatic carboxylic acids is 1. The molecule has 0 aliphatic carbocycles. The Hall–Kier alpha value is -2.43. The molecule has 26 heavy (non-hydrogen) atoms. The van der Waals surface area contributed by atoms with Gasteiger partial charge in [-0.3, -0.25) is 0 Å². The summed E-state index contributed by atoms with van der Waals surface area (Å²) < 4.78 is 0. The minimum Gasteiger partial charge on any atom is -0.507 e. The zero-order valence-electron chi connectivity index (χ0n) is 15.9. The predicted octanol–water partition coefficient (Wildman–Crippen LogP) is 4.76. The lowest BCUT2D eigenvalue weighted by atomic mass is 9.90. The van der Waals surface area contributed by atoms with Gasteiger partial charge in [0, 0.05) is 12.2 Å². The number of aryl methyl sites for hydroxylation is 1. The van der Waals surface area contributed by atoms with Crippen molar-refractivity contribution >= 4 is 5.97 Å². The van der Waals surface area contributed by atoms with E-state index in [1.54, 1.807) is 0 Å². The molecule has 0 aromatic heterocycles. The molecule has 3 N–H and O–H groups in total. The highest BCUT2D eigenvalue weighted by Crippen LogP contribution is 2.44. The Morgan fingerprint density at radius 1 is 1.35 bits per heavy atom. The zero-order chi connectivity index (χ0) is 19.4. The lowest BCUT2D eigenvalue weighted by Crippen LogP contribution is -2.30. The zero-order valence-corrected chi connectivity index (χ0v) is 15.9. The highest BCUT2D eigenvalue weighted by Gasteiger charge is 2.31. The third-order valence-corrected chi connectivity index (χ3v) is 4.97. The van der Waals surface area contributed by atoms with E-state index in [1.807, 2.05) is 24.8 Å². The minimum absolute atomic E-state index is 0.0683. The molecule has 0 saturated carbocycles. The molecule has 1 aliphatic heterocycles. The van der Waals surface area contributed by atoms with Crippen LogP contribution in [0.25, 0.3) is 0 Å². The number of carbonyl (C=O) groups is 1. The van der Waals surface area contributed by atoms with Crippen molar-refractivity contribution in [3.8, 4) is 11.5 Å². The molecule has 0 fully saturated rings. The molecular weight excluding hydrogens is 330 g/mol. The summed E-state index contributed by atoms with van der Waals surface area (Å²) in [6.45, 7) is 10.6. The van der Waals surface area contributed by atoms with Crippen molar-refractivity contribution in [3.63, 3.8) is 0 Å². The minimum atomic E-state index is -1.17. The Morgan fingerprint density at radius 3 is 2.62 bits per heavy atom. The van der Waals surface area contributed by atoms with Gasteiger partial charge in [0.05, 0.1) is 11.6 Å². The molecule has 1 atom stereocenters. The quantitative estimate of drug-likeness (QED) is 0.483. The number of hydrogen-bond acceptors (Lipinski definition) is 4. The van der Waals surface area contributed by atoms with Crippen molar-refractivity contribution in [1.29, 1.82) is 0 Å². The van der Waals surface area contributed by atoms with Crippen molar-refractivity contribution in [3.05, 3.63) is 46.7 Å². The number of rotatable bonds is 7. The van der Waals surface area contributed by atoms with Crippen LogP contribution in [0.4, 0.5) is 0 Å². The molecule has 5 nitrogen and oxygen atoms in total. The number of allylic oxidation sites excluding steroid dienone is 1. The number of carboxylic acid groups (broad SMARTS) is 1. The summed E-state index contributed by atoms with van der Waals surface area (Å²) in [7, 11) is 0. The van der Waals surface area contributed by atoms with Gasteiger partial charge >= 0.3 is 5.97 Å². The fourth-order valence-corrected chi connectivity index (χ4v) is 3.56. The average molecular weight is 359 g/mol. The van der Waals surface area contributed by atoms with Crippen LogP contribution in [0, 0.1) is 0 Å². The second kappa shape index (κ2) is 8.30. The van der Waals surface area contributed by atoms with Gasteiger partial charge in [-0.25, -0.2) is 4.79 Å². The van der Waals surface area contributed by atoms with Crippen LogP contribution < -0.4 is 0 Å². The maximum atomic E-state index is 11.8. The fourth-order valence-electron chi connectivity index (χ4n) is 3.56. The maximum Gasteiger partial charge on any atom is 0.339 e. The second-order valence-electron chi connectivity index (χ2n) is 7.09. The van der Waals surface area contributed by atoms with Crippen LogP contribution in [0.3, 0.4) is 0 Å². The van der Waals surface area contributed by atoms with E-state index in [-0.39, 0.29) is 22.6 Å². The molecule has 0 radical (unpaired) electrons. The third-order valence-electron chi connectivity index (χ3n) is 4.97. The maximum absolute atomic E-state index is 11.8. The molecule has 0 bridgehead atoms. The van der Waals surface area contributed by atoms with Crippen LogP contribution in [-0.4, -0.2) is 32.7 Å². The first-order valence-corrected chi connectivity index (χ1v) is 9.18. The Bertz CT molecular complexity index is 736. The summed E-state index contributed by atoms with van der Waals surface area (Å²) in [5.74, 6) is -1.58. The fraction of sp³-hybridized carbons (Fsp3) is 0.476. The number of unbranched alkanes of at least 4 members (excludes halogenated alkanes) is 2. The Labute approximate surface area is 155 Å². The normalized spacial score (nSPS) is 17.1. The van der Waals surface area contributed by atoms with Gasteiger partial charge in [0.25, 0.3) is 0 Å². The van der Waals surface area contributed by atoms with Crippen molar-refractivity contribution in [2.75, 3.05) is 6.54 Å². The van der Waals surface area contributed by atoms with E-state index in [0.29, 0.717) is 18.5 Å². The molecule has 1 aromatic carbocycles. The Kier molecular flexibility index (Phi) is 6.35. The first-order valence-electron chi connectivity index (χ1n) is 9.18. The smallest absolute Gasteiger partial charge is 0.339 e. The predicted molar refractivity (Wildman–Crippen MR) is 103 cm³/mol. The summed E-state index contributed by atoms with van der Waals surface area (Å²) in [4.78, 5) is 13.8. The van der Waals surface area contributed by atoms with Crippen LogP contribution in [0.5, 0.6) is 11.5 Å². The third kappa shape index (κ3) is 4.03. The molecule has 142 valence electrons. The van der Waals surface area contributed by atoms with Gasteiger partial charge in [0.15, 0.2) is 0 Å². The van der Waals surface area contributed by atoms with Crippen molar-refractivity contribution < 1.29 is 20.1 Å². The molecule has 2 rings (SSSR count). The van der Waals surface area contributed by atoms with Crippen molar-refractivity contribution in [2.45, 2.75) is 58.9 Å². The van der Waals surface area contributed by atoms with Gasteiger partial charge in [-0.1, -0.05) is 38.0 Å². The van der Waals surface area contributed by atoms with Gasteiger partial charge in [-0.2, -0.15) is 0 Å². The number of phenols is 2. The number of aromatic hydroxyl groups is 2. The van der Waals surface area contributed by atoms with E-state index in [2.05, 4.69) is 13.5 Å². The Balaban J connectivity index is 2.58. The standard InChI is InChI=1S/C21H29NO4/c1-5-6-7-8-15-12-17(23)19(20(24)18(15)21(25)26)16-11-14(4)9-10-22(16)13(2)3/h11-12,16,23-24H,2,5-10H2,1,3-4H3,(H,25,26). The van der Waals surface area contributed by atoms with Gasteiger partial charge in [-0.05, 0) is 44.7 Å². The van der Waals surface area contributed by atoms with Crippen LogP contribution in [0.15, 0.2) is 30.0 Å². The lowest BCUT2D eigenvalue weighted by Gasteiger charge is -2.37. The molecule has 1 heterocycles. The van der Waals surface area contributed by atoms with Gasteiger partial charge in [-0.15, -0.1) is 0 Å². The van der Waals surface area contributed by atoms with Crippen LogP contribution in [-0.2, 0) is 6.42 Å². The number of carboxylic acids is 1. The molecule has 5 heteroatoms. The summed E-state index contributed by atoms with van der Waals surface area (Å²) in [5, 5.41) is 31.1. The van der Waals surface area contributed by atoms with Crippen LogP contribution in [0.2, 0.25) is 0 Å². The number of hydrogen-bond donors (Lipinski definition) is 3. The highest BCUT2D eigenvalue weighted by atomic mass is 16.4. The van der Waals surface area contributed by atoms with Gasteiger partial charge < -0.3 is 20.2 Å². The number of phenolic OH excluding ortho intramolecular Hbond substituents is 1. The molecule has 1 unspecified atom stereocenters. The first kappa shape index (κ1) is 19.9. The number of benzene rings is 1. The molecule has 1 aliphatic rings. The van der Waals surface area contributed by atoms with Crippen LogP contribution in [0.1, 0.15) is 74.0 Å². The van der Waals surface area contributed by atoms with Gasteiger partial charge in [0.2, 0.25) is 0 Å². The summed E-state index contributed by atoms with van der Waals surface area (Å²) in [6.07, 6.45) is 6.13. The summed E-state index contributed by atoms with van der Waals surface area (Å²) in [5.41, 5.74) is 2.55. The van der Waals surface area contributed by atoms with Crippen molar-refractivity contribution in [1.82, 2.24) is 4.90 Å². The molecular formula is C21H29NO4. The molecule has 0 saturated heterocycles. The second-order valence-corrected chi connectivity index (χ2v) is 7.09. The number of nitrogens with zero attached hydrogens (tertiary/aromatic N) is 1. The SMILES string of the molecule is C=C(C)N1CCC(C)=CC1c1c(O)cc(CCCCC)c(C(=O)O)c1O. The summed E-state index contributed by atoms with van der Waals surface area (Å²) >= 11 is 0. The van der Waals surface area contributed by atoms with Crippen LogP contribution >= 0.6 is 0 Å². The lowest BCUT2D eigenvalue weighted by molar-refractivity contribution is 0.0692. The van der Waals surface area contributed by atoms with Crippen molar-refractivity contribution in [2.24, 2.45) is 0 Å². The molecule has 0 amide bonds. The van der Waals surface area contributed by atoms with E-state index in [4.69, 9.17) is 0 Å². The average Bonchev–Trinajstić information content (AvgIpc) is 2.54. The Morgan fingerprint density at radius 2 is 2.04 bits per heavy atom. The monoisotopic (exact) mass is 359 g/mol. The topological polar surface area (TPSA) is 81.0 Å². The van der Waals surface area contributed by atoms with E-state index in [9.17, 15) is 20.1 Å². The highest BCUT2D eigenvalue weighted by molar-refractivity contribution is 5.94.